The Balaban J connectivity index is 1.55. The van der Waals surface area contributed by atoms with Crippen LogP contribution in [0.1, 0.15) is 36.2 Å². The molecule has 28 heavy (non-hydrogen) atoms. The molecule has 8 heteroatoms. The minimum Gasteiger partial charge on any atom is -0.476 e. The predicted octanol–water partition coefficient (Wildman–Crippen LogP) is 5.18. The summed E-state index contributed by atoms with van der Waals surface area (Å²) in [4.78, 5) is 7.55. The third kappa shape index (κ3) is 4.47. The standard InChI is InChI=1S/C20H21ClF2N4O/c1-13-18(14-8-4-3-5-9-14)27(2)26-20(13)28-11-7-6-10-15-16(21)17(19(22)23)25-12-24-15/h3-5,8-9,12,19H,6-7,10-11H2,1-2H3. The lowest BCUT2D eigenvalue weighted by Crippen LogP contribution is -2.03. The number of aryl methyl sites for hydroxylation is 2. The molecule has 0 aliphatic heterocycles. The Bertz CT molecular complexity index is 931. The summed E-state index contributed by atoms with van der Waals surface area (Å²) in [5.74, 6) is 0.599. The first-order valence-corrected chi connectivity index (χ1v) is 9.36. The minimum absolute atomic E-state index is 0.0495. The topological polar surface area (TPSA) is 52.8 Å². The SMILES string of the molecule is Cc1c(OCCCCc2ncnc(C(F)F)c2Cl)nn(C)c1-c1ccccc1. The zero-order valence-electron chi connectivity index (χ0n) is 15.7. The predicted molar refractivity (Wildman–Crippen MR) is 104 cm³/mol. The smallest absolute Gasteiger partial charge is 0.281 e. The number of nitrogens with zero attached hydrogens (tertiary/aromatic N) is 4. The van der Waals surface area contributed by atoms with Gasteiger partial charge in [-0.3, -0.25) is 4.68 Å². The Morgan fingerprint density at radius 3 is 2.61 bits per heavy atom. The molecule has 0 atom stereocenters. The number of rotatable bonds is 8. The van der Waals surface area contributed by atoms with E-state index in [-0.39, 0.29) is 5.02 Å². The van der Waals surface area contributed by atoms with Crippen LogP contribution in [0.2, 0.25) is 5.02 Å². The maximum Gasteiger partial charge on any atom is 0.281 e. The summed E-state index contributed by atoms with van der Waals surface area (Å²) in [6.07, 6.45) is 0.337. The molecule has 0 N–H and O–H groups in total. The highest BCUT2D eigenvalue weighted by Gasteiger charge is 2.17. The summed E-state index contributed by atoms with van der Waals surface area (Å²) < 4.78 is 33.3. The van der Waals surface area contributed by atoms with Crippen molar-refractivity contribution >= 4 is 11.6 Å². The summed E-state index contributed by atoms with van der Waals surface area (Å²) in [7, 11) is 1.89. The van der Waals surface area contributed by atoms with E-state index in [4.69, 9.17) is 16.3 Å². The van der Waals surface area contributed by atoms with Gasteiger partial charge in [0.2, 0.25) is 5.88 Å². The maximum absolute atomic E-state index is 12.8. The van der Waals surface area contributed by atoms with Crippen molar-refractivity contribution in [3.8, 4) is 17.1 Å². The van der Waals surface area contributed by atoms with Gasteiger partial charge in [0.15, 0.2) is 0 Å². The summed E-state index contributed by atoms with van der Waals surface area (Å²) in [6.45, 7) is 2.45. The second-order valence-corrected chi connectivity index (χ2v) is 6.77. The van der Waals surface area contributed by atoms with Gasteiger partial charge in [0.05, 0.1) is 23.0 Å². The zero-order chi connectivity index (χ0) is 20.1. The van der Waals surface area contributed by atoms with Gasteiger partial charge in [-0.05, 0) is 26.2 Å². The second-order valence-electron chi connectivity index (χ2n) is 6.39. The third-order valence-electron chi connectivity index (χ3n) is 4.43. The Hall–Kier alpha value is -2.54. The minimum atomic E-state index is -2.71. The molecule has 3 rings (SSSR count). The van der Waals surface area contributed by atoms with E-state index in [2.05, 4.69) is 15.1 Å². The Kier molecular flexibility index (Phi) is 6.57. The van der Waals surface area contributed by atoms with Crippen molar-refractivity contribution in [1.29, 1.82) is 0 Å². The van der Waals surface area contributed by atoms with Crippen molar-refractivity contribution in [2.75, 3.05) is 6.61 Å². The first-order chi connectivity index (χ1) is 13.5. The van der Waals surface area contributed by atoms with E-state index in [0.717, 1.165) is 29.6 Å². The molecule has 0 aliphatic rings. The van der Waals surface area contributed by atoms with Gasteiger partial charge in [-0.15, -0.1) is 5.10 Å². The molecule has 5 nitrogen and oxygen atoms in total. The fraction of sp³-hybridized carbons (Fsp3) is 0.350. The molecule has 0 fully saturated rings. The van der Waals surface area contributed by atoms with Crippen molar-refractivity contribution in [2.24, 2.45) is 7.05 Å². The lowest BCUT2D eigenvalue weighted by atomic mass is 10.1. The molecule has 0 aliphatic carbocycles. The molecule has 0 saturated carbocycles. The highest BCUT2D eigenvalue weighted by molar-refractivity contribution is 6.31. The van der Waals surface area contributed by atoms with Crippen LogP contribution >= 0.6 is 11.6 Å². The van der Waals surface area contributed by atoms with Crippen LogP contribution in [0.15, 0.2) is 36.7 Å². The van der Waals surface area contributed by atoms with Crippen molar-refractivity contribution in [1.82, 2.24) is 19.7 Å². The molecular weight excluding hydrogens is 386 g/mol. The molecule has 0 unspecified atom stereocenters. The van der Waals surface area contributed by atoms with Gasteiger partial charge in [0, 0.05) is 18.2 Å². The summed E-state index contributed by atoms with van der Waals surface area (Å²) in [6, 6.07) is 10.0. The number of unbranched alkanes of at least 4 members (excludes halogenated alkanes) is 1. The van der Waals surface area contributed by atoms with Crippen molar-refractivity contribution in [3.05, 3.63) is 58.6 Å². The highest BCUT2D eigenvalue weighted by atomic mass is 35.5. The van der Waals surface area contributed by atoms with E-state index in [1.165, 1.54) is 0 Å². The van der Waals surface area contributed by atoms with Crippen LogP contribution in [0.4, 0.5) is 8.78 Å². The number of benzene rings is 1. The quantitative estimate of drug-likeness (QED) is 0.484. The fourth-order valence-electron chi connectivity index (χ4n) is 3.05. The molecule has 3 aromatic rings. The van der Waals surface area contributed by atoms with Crippen LogP contribution < -0.4 is 4.74 Å². The highest BCUT2D eigenvalue weighted by Crippen LogP contribution is 2.29. The average Bonchev–Trinajstić information content (AvgIpc) is 2.96. The monoisotopic (exact) mass is 406 g/mol. The van der Waals surface area contributed by atoms with Gasteiger partial charge < -0.3 is 4.74 Å². The molecule has 2 aromatic heterocycles. The van der Waals surface area contributed by atoms with E-state index in [1.54, 1.807) is 0 Å². The molecule has 0 saturated heterocycles. The summed E-state index contributed by atoms with van der Waals surface area (Å²) in [5, 5.41) is 4.41. The summed E-state index contributed by atoms with van der Waals surface area (Å²) >= 11 is 5.96. The van der Waals surface area contributed by atoms with Crippen molar-refractivity contribution in [3.63, 3.8) is 0 Å². The van der Waals surface area contributed by atoms with Gasteiger partial charge in [0.25, 0.3) is 6.43 Å². The van der Waals surface area contributed by atoms with Crippen molar-refractivity contribution in [2.45, 2.75) is 32.6 Å². The molecule has 1 aromatic carbocycles. The summed E-state index contributed by atoms with van der Waals surface area (Å²) in [5.41, 5.74) is 3.10. The van der Waals surface area contributed by atoms with Gasteiger partial charge in [-0.25, -0.2) is 18.7 Å². The number of hydrogen-bond acceptors (Lipinski definition) is 4. The molecule has 0 bridgehead atoms. The molecule has 0 spiro atoms. The van der Waals surface area contributed by atoms with E-state index < -0.39 is 12.1 Å². The second kappa shape index (κ2) is 9.10. The van der Waals surface area contributed by atoms with Crippen molar-refractivity contribution < 1.29 is 13.5 Å². The molecular formula is C20H21ClF2N4O. The molecule has 0 amide bonds. The van der Waals surface area contributed by atoms with E-state index in [1.807, 2.05) is 49.0 Å². The molecule has 2 heterocycles. The van der Waals surface area contributed by atoms with Crippen LogP contribution in [0.25, 0.3) is 11.3 Å². The van der Waals surface area contributed by atoms with Gasteiger partial charge in [0.1, 0.15) is 12.0 Å². The van der Waals surface area contributed by atoms with Crippen LogP contribution in [0.3, 0.4) is 0 Å². The normalized spacial score (nSPS) is 11.2. The van der Waals surface area contributed by atoms with Crippen LogP contribution in [0.5, 0.6) is 5.88 Å². The third-order valence-corrected chi connectivity index (χ3v) is 4.84. The zero-order valence-corrected chi connectivity index (χ0v) is 16.5. The van der Waals surface area contributed by atoms with Gasteiger partial charge in [-0.2, -0.15) is 0 Å². The first-order valence-electron chi connectivity index (χ1n) is 8.98. The number of halogens is 3. The lowest BCUT2D eigenvalue weighted by molar-refractivity contribution is 0.146. The van der Waals surface area contributed by atoms with Gasteiger partial charge >= 0.3 is 0 Å². The fourth-order valence-corrected chi connectivity index (χ4v) is 3.33. The largest absolute Gasteiger partial charge is 0.476 e. The van der Waals surface area contributed by atoms with Crippen LogP contribution in [0, 0.1) is 6.92 Å². The Morgan fingerprint density at radius 2 is 1.89 bits per heavy atom. The number of aromatic nitrogens is 4. The Labute approximate surface area is 167 Å². The first kappa shape index (κ1) is 20.2. The Morgan fingerprint density at radius 1 is 1.14 bits per heavy atom. The molecule has 148 valence electrons. The number of hydrogen-bond donors (Lipinski definition) is 0. The average molecular weight is 407 g/mol. The van der Waals surface area contributed by atoms with Gasteiger partial charge in [-0.1, -0.05) is 41.9 Å². The van der Waals surface area contributed by atoms with E-state index in [0.29, 0.717) is 31.0 Å². The van der Waals surface area contributed by atoms with Crippen LogP contribution in [-0.4, -0.2) is 26.4 Å². The van der Waals surface area contributed by atoms with E-state index in [9.17, 15) is 8.78 Å². The van der Waals surface area contributed by atoms with E-state index >= 15 is 0 Å². The number of ether oxygens (including phenoxy) is 1. The van der Waals surface area contributed by atoms with Crippen LogP contribution in [-0.2, 0) is 13.5 Å². The maximum atomic E-state index is 12.8. The molecule has 0 radical (unpaired) electrons. The lowest BCUT2D eigenvalue weighted by Gasteiger charge is -2.07. The number of alkyl halides is 2.